The highest BCUT2D eigenvalue weighted by Crippen LogP contribution is 2.31. The van der Waals surface area contributed by atoms with Gasteiger partial charge in [-0.15, -0.1) is 0 Å². The molecule has 0 spiro atoms. The van der Waals surface area contributed by atoms with E-state index in [1.807, 2.05) is 25.2 Å². The van der Waals surface area contributed by atoms with E-state index in [1.54, 1.807) is 11.1 Å². The number of halogens is 6. The molecule has 204 valence electrons. The summed E-state index contributed by atoms with van der Waals surface area (Å²) in [7, 11) is 4.00. The van der Waals surface area contributed by atoms with Crippen molar-refractivity contribution in [1.29, 1.82) is 0 Å². The fraction of sp³-hybridized carbons (Fsp3) is 0.619. The maximum absolute atomic E-state index is 12.7. The first kappa shape index (κ1) is 31.1. The summed E-state index contributed by atoms with van der Waals surface area (Å²) in [6.45, 7) is 3.26. The molecule has 2 N–H and O–H groups in total. The number of hydrogen-bond acceptors (Lipinski definition) is 6. The van der Waals surface area contributed by atoms with E-state index in [0.29, 0.717) is 25.2 Å². The average molecular weight is 531 g/mol. The third-order valence-electron chi connectivity index (χ3n) is 5.30. The zero-order valence-electron chi connectivity index (χ0n) is 19.4. The van der Waals surface area contributed by atoms with Crippen molar-refractivity contribution in [3.63, 3.8) is 0 Å². The number of ether oxygens (including phenoxy) is 1. The second-order valence-electron chi connectivity index (χ2n) is 8.24. The molecule has 1 aromatic rings. The quantitative estimate of drug-likeness (QED) is 0.572. The third kappa shape index (κ3) is 10.8. The van der Waals surface area contributed by atoms with Gasteiger partial charge < -0.3 is 24.7 Å². The second-order valence-corrected chi connectivity index (χ2v) is 8.24. The maximum Gasteiger partial charge on any atom is 0.490 e. The second kappa shape index (κ2) is 13.4. The summed E-state index contributed by atoms with van der Waals surface area (Å²) in [6, 6.07) is 5.79. The molecule has 15 heteroatoms. The number of pyridine rings is 1. The van der Waals surface area contributed by atoms with Gasteiger partial charge in [-0.3, -0.25) is 9.78 Å². The minimum atomic E-state index is -5.08. The number of aromatic nitrogens is 1. The topological polar surface area (TPSA) is 120 Å². The summed E-state index contributed by atoms with van der Waals surface area (Å²) >= 11 is 0. The highest BCUT2D eigenvalue weighted by atomic mass is 19.4. The monoisotopic (exact) mass is 531 g/mol. The van der Waals surface area contributed by atoms with Crippen LogP contribution < -0.4 is 0 Å². The van der Waals surface area contributed by atoms with Gasteiger partial charge in [-0.1, -0.05) is 6.07 Å². The van der Waals surface area contributed by atoms with Crippen LogP contribution >= 0.6 is 0 Å². The zero-order valence-corrected chi connectivity index (χ0v) is 19.4. The molecule has 2 saturated heterocycles. The molecule has 1 aromatic heterocycles. The zero-order chi connectivity index (χ0) is 27.7. The summed E-state index contributed by atoms with van der Waals surface area (Å²) in [5.41, 5.74) is 0.922. The lowest BCUT2D eigenvalue weighted by Gasteiger charge is -2.42. The van der Waals surface area contributed by atoms with E-state index in [-0.39, 0.29) is 11.8 Å². The molecule has 2 fully saturated rings. The van der Waals surface area contributed by atoms with Crippen molar-refractivity contribution < 1.29 is 55.7 Å². The standard InChI is InChI=1S/C17H25N3O2.2C2HF3O2/c1-19-8-6-16-13(10-19)9-14(12-22-16)17(21)20(2)11-15-5-3-4-7-18-15;2*3-2(4,5)1(6)7/h3-5,7,13-14,16H,6,8-12H2,1-2H3;2*(H,6,7)/t13-,14-,16+;;/m1../s1. The molecular formula is C21H27F6N3O6. The molecule has 2 aliphatic rings. The highest BCUT2D eigenvalue weighted by Gasteiger charge is 2.39. The number of aliphatic carboxylic acids is 2. The van der Waals surface area contributed by atoms with Crippen molar-refractivity contribution in [2.24, 2.45) is 11.8 Å². The van der Waals surface area contributed by atoms with Crippen LogP contribution in [0, 0.1) is 11.8 Å². The minimum Gasteiger partial charge on any atom is -0.475 e. The van der Waals surface area contributed by atoms with E-state index in [4.69, 9.17) is 24.5 Å². The average Bonchev–Trinajstić information content (AvgIpc) is 2.78. The van der Waals surface area contributed by atoms with Gasteiger partial charge in [0.2, 0.25) is 5.91 Å². The lowest BCUT2D eigenvalue weighted by atomic mass is 9.83. The van der Waals surface area contributed by atoms with Gasteiger partial charge in [0.1, 0.15) is 0 Å². The number of piperidine rings is 1. The number of carbonyl (C=O) groups is 3. The number of alkyl halides is 6. The molecule has 0 bridgehead atoms. The van der Waals surface area contributed by atoms with Crippen LogP contribution in [0.2, 0.25) is 0 Å². The van der Waals surface area contributed by atoms with Crippen molar-refractivity contribution in [2.75, 3.05) is 33.8 Å². The van der Waals surface area contributed by atoms with Crippen LogP contribution in [-0.4, -0.2) is 95.1 Å². The van der Waals surface area contributed by atoms with E-state index in [0.717, 1.165) is 31.6 Å². The fourth-order valence-corrected chi connectivity index (χ4v) is 3.61. The van der Waals surface area contributed by atoms with Crippen LogP contribution in [0.25, 0.3) is 0 Å². The van der Waals surface area contributed by atoms with Gasteiger partial charge in [-0.2, -0.15) is 26.3 Å². The first-order valence-corrected chi connectivity index (χ1v) is 10.6. The van der Waals surface area contributed by atoms with Crippen LogP contribution in [0.4, 0.5) is 26.3 Å². The summed E-state index contributed by atoms with van der Waals surface area (Å²) < 4.78 is 69.4. The maximum atomic E-state index is 12.7. The molecule has 36 heavy (non-hydrogen) atoms. The van der Waals surface area contributed by atoms with Gasteiger partial charge in [0.15, 0.2) is 0 Å². The van der Waals surface area contributed by atoms with Crippen molar-refractivity contribution in [3.8, 4) is 0 Å². The Kier molecular flexibility index (Phi) is 11.6. The van der Waals surface area contributed by atoms with Gasteiger partial charge in [0.25, 0.3) is 0 Å². The number of nitrogens with zero attached hydrogens (tertiary/aromatic N) is 3. The Balaban J connectivity index is 0.000000383. The Morgan fingerprint density at radius 2 is 1.67 bits per heavy atom. The van der Waals surface area contributed by atoms with Crippen LogP contribution in [0.3, 0.4) is 0 Å². The number of carboxylic acid groups (broad SMARTS) is 2. The number of amides is 1. The van der Waals surface area contributed by atoms with Crippen molar-refractivity contribution >= 4 is 17.8 Å². The smallest absolute Gasteiger partial charge is 0.475 e. The Morgan fingerprint density at radius 3 is 2.14 bits per heavy atom. The van der Waals surface area contributed by atoms with Gasteiger partial charge >= 0.3 is 24.3 Å². The Hall–Kier alpha value is -2.94. The summed E-state index contributed by atoms with van der Waals surface area (Å²) in [6.07, 6.45) is -6.02. The van der Waals surface area contributed by atoms with Crippen molar-refractivity contribution in [1.82, 2.24) is 14.8 Å². The van der Waals surface area contributed by atoms with Crippen LogP contribution in [0.5, 0.6) is 0 Å². The van der Waals surface area contributed by atoms with Crippen LogP contribution in [0.1, 0.15) is 18.5 Å². The molecular weight excluding hydrogens is 504 g/mol. The van der Waals surface area contributed by atoms with Crippen LogP contribution in [0.15, 0.2) is 24.4 Å². The molecule has 0 aromatic carbocycles. The molecule has 2 aliphatic heterocycles. The van der Waals surface area contributed by atoms with Gasteiger partial charge in [0.05, 0.1) is 30.9 Å². The van der Waals surface area contributed by atoms with E-state index in [2.05, 4.69) is 16.9 Å². The molecule has 0 saturated carbocycles. The number of likely N-dealkylation sites (tertiary alicyclic amines) is 1. The van der Waals surface area contributed by atoms with E-state index < -0.39 is 24.3 Å². The lowest BCUT2D eigenvalue weighted by molar-refractivity contribution is -0.193. The largest absolute Gasteiger partial charge is 0.490 e. The number of carbonyl (C=O) groups excluding carboxylic acids is 1. The van der Waals surface area contributed by atoms with Crippen molar-refractivity contribution in [3.05, 3.63) is 30.1 Å². The first-order chi connectivity index (χ1) is 16.5. The summed E-state index contributed by atoms with van der Waals surface area (Å²) in [5.74, 6) is -4.86. The van der Waals surface area contributed by atoms with Gasteiger partial charge in [-0.25, -0.2) is 9.59 Å². The number of carboxylic acids is 2. The molecule has 0 radical (unpaired) electrons. The highest BCUT2D eigenvalue weighted by molar-refractivity contribution is 5.78. The number of rotatable bonds is 3. The number of hydrogen-bond donors (Lipinski definition) is 2. The molecule has 1 amide bonds. The van der Waals surface area contributed by atoms with E-state index in [9.17, 15) is 31.1 Å². The normalized spacial score (nSPS) is 22.1. The predicted molar refractivity (Wildman–Crippen MR) is 112 cm³/mol. The minimum absolute atomic E-state index is 0.0125. The summed E-state index contributed by atoms with van der Waals surface area (Å²) in [4.78, 5) is 38.9. The SMILES string of the molecule is CN1CC[C@@H]2OC[C@H](C(=O)N(C)Cc3ccccn3)C[C@@H]2C1.O=C(O)C(F)(F)F.O=C(O)C(F)(F)F. The van der Waals surface area contributed by atoms with Crippen LogP contribution in [-0.2, 0) is 25.7 Å². The fourth-order valence-electron chi connectivity index (χ4n) is 3.61. The molecule has 3 heterocycles. The Bertz CT molecular complexity index is 844. The Labute approximate surface area is 202 Å². The van der Waals surface area contributed by atoms with Crippen molar-refractivity contribution in [2.45, 2.75) is 37.8 Å². The first-order valence-electron chi connectivity index (χ1n) is 10.6. The Morgan fingerprint density at radius 1 is 1.11 bits per heavy atom. The van der Waals surface area contributed by atoms with Gasteiger partial charge in [0, 0.05) is 26.3 Å². The molecule has 9 nitrogen and oxygen atoms in total. The third-order valence-corrected chi connectivity index (χ3v) is 5.30. The lowest BCUT2D eigenvalue weighted by Crippen LogP contribution is -2.49. The van der Waals surface area contributed by atoms with E-state index >= 15 is 0 Å². The van der Waals surface area contributed by atoms with E-state index in [1.165, 1.54) is 0 Å². The van der Waals surface area contributed by atoms with Gasteiger partial charge in [-0.05, 0) is 37.9 Å². The summed E-state index contributed by atoms with van der Waals surface area (Å²) in [5, 5.41) is 14.2. The predicted octanol–water partition coefficient (Wildman–Crippen LogP) is 2.66. The molecule has 3 atom stereocenters. The molecule has 3 rings (SSSR count). The molecule has 0 aliphatic carbocycles. The molecule has 0 unspecified atom stereocenters. The number of fused-ring (bicyclic) bond motifs is 1.